The van der Waals surface area contributed by atoms with Gasteiger partial charge in [-0.1, -0.05) is 18.2 Å². The summed E-state index contributed by atoms with van der Waals surface area (Å²) >= 11 is 0. The quantitative estimate of drug-likeness (QED) is 0.492. The number of aryl methyl sites for hydroxylation is 1. The van der Waals surface area contributed by atoms with Crippen molar-refractivity contribution in [3.05, 3.63) is 64.7 Å². The van der Waals surface area contributed by atoms with E-state index in [0.29, 0.717) is 51.1 Å². The topological polar surface area (TPSA) is 88.1 Å². The predicted molar refractivity (Wildman–Crippen MR) is 139 cm³/mol. The molecule has 0 unspecified atom stereocenters. The second-order valence-corrected chi connectivity index (χ2v) is 10.5. The summed E-state index contributed by atoms with van der Waals surface area (Å²) in [7, 11) is 0. The van der Waals surface area contributed by atoms with Crippen molar-refractivity contribution in [3.8, 4) is 5.75 Å². The van der Waals surface area contributed by atoms with Crippen LogP contribution in [0.4, 0.5) is 13.2 Å². The molecule has 39 heavy (non-hydrogen) atoms. The first-order chi connectivity index (χ1) is 18.0. The molecule has 5 rings (SSSR count). The SMILES string of the molecule is Cc1cc(C2(NC(=O)C3(N4CC[C@@H](Oc5cccc(C(F)(F)F)c5)C4)CCOCC3)CC2)ccc1C(=O)O.Cl. The average molecular weight is 569 g/mol. The zero-order valence-corrected chi connectivity index (χ0v) is 22.4. The van der Waals surface area contributed by atoms with Crippen molar-refractivity contribution < 1.29 is 37.3 Å². The second kappa shape index (κ2) is 11.0. The summed E-state index contributed by atoms with van der Waals surface area (Å²) in [5, 5.41) is 12.6. The number of nitrogens with one attached hydrogen (secondary N) is 1. The van der Waals surface area contributed by atoms with E-state index in [1.165, 1.54) is 12.1 Å². The number of carboxylic acids is 1. The van der Waals surface area contributed by atoms with Crippen LogP contribution in [0.25, 0.3) is 0 Å². The summed E-state index contributed by atoms with van der Waals surface area (Å²) in [5.74, 6) is -0.924. The zero-order valence-electron chi connectivity index (χ0n) is 21.6. The standard InChI is InChI=1S/C28H31F3N2O5.ClH/c1-18-15-19(5-6-23(18)24(34)35)26(8-9-26)32-25(36)27(10-13-37-14-11-27)33-12-7-22(17-33)38-21-4-2-3-20(16-21)28(29,30)31;/h2-6,15-16,22H,7-14,17H2,1H3,(H,32,36)(H,34,35);1H/t22-;/m1./s1. The Kier molecular flexibility index (Phi) is 8.21. The highest BCUT2D eigenvalue weighted by atomic mass is 35.5. The van der Waals surface area contributed by atoms with E-state index in [0.717, 1.165) is 30.5 Å². The van der Waals surface area contributed by atoms with Gasteiger partial charge in [-0.15, -0.1) is 12.4 Å². The van der Waals surface area contributed by atoms with Crippen LogP contribution in [0.3, 0.4) is 0 Å². The van der Waals surface area contributed by atoms with Crippen molar-refractivity contribution in [3.63, 3.8) is 0 Å². The molecule has 0 aromatic heterocycles. The number of alkyl halides is 3. The van der Waals surface area contributed by atoms with Gasteiger partial charge in [-0.3, -0.25) is 9.69 Å². The lowest BCUT2D eigenvalue weighted by Crippen LogP contribution is -2.62. The molecule has 0 bridgehead atoms. The Balaban J connectivity index is 0.00000353. The summed E-state index contributed by atoms with van der Waals surface area (Å²) < 4.78 is 50.9. The van der Waals surface area contributed by atoms with E-state index in [-0.39, 0.29) is 35.7 Å². The minimum absolute atomic E-state index is 0. The van der Waals surface area contributed by atoms with Crippen LogP contribution in [0, 0.1) is 6.92 Å². The first kappa shape index (κ1) is 29.2. The number of hydrogen-bond donors (Lipinski definition) is 2. The van der Waals surface area contributed by atoms with Gasteiger partial charge in [0.05, 0.1) is 16.7 Å². The maximum Gasteiger partial charge on any atom is 0.416 e. The first-order valence-corrected chi connectivity index (χ1v) is 12.9. The molecule has 2 heterocycles. The van der Waals surface area contributed by atoms with Gasteiger partial charge < -0.3 is 19.9 Å². The lowest BCUT2D eigenvalue weighted by Gasteiger charge is -2.44. The van der Waals surface area contributed by atoms with Crippen molar-refractivity contribution in [2.24, 2.45) is 0 Å². The number of amides is 1. The number of benzene rings is 2. The van der Waals surface area contributed by atoms with E-state index in [1.54, 1.807) is 19.1 Å². The smallest absolute Gasteiger partial charge is 0.416 e. The molecule has 1 aliphatic carbocycles. The molecule has 212 valence electrons. The van der Waals surface area contributed by atoms with E-state index >= 15 is 0 Å². The van der Waals surface area contributed by atoms with E-state index in [1.807, 2.05) is 6.07 Å². The molecule has 0 radical (unpaired) electrons. The maximum atomic E-state index is 13.9. The van der Waals surface area contributed by atoms with E-state index in [4.69, 9.17) is 9.47 Å². The third-order valence-corrected chi connectivity index (χ3v) is 8.07. The monoisotopic (exact) mass is 568 g/mol. The Bertz CT molecular complexity index is 1230. The number of carbonyl (C=O) groups is 2. The Morgan fingerprint density at radius 1 is 1.10 bits per heavy atom. The summed E-state index contributed by atoms with van der Waals surface area (Å²) in [6, 6.07) is 10.1. The minimum Gasteiger partial charge on any atom is -0.489 e. The number of hydrogen-bond acceptors (Lipinski definition) is 5. The van der Waals surface area contributed by atoms with Crippen LogP contribution in [0.1, 0.15) is 59.2 Å². The predicted octanol–water partition coefficient (Wildman–Crippen LogP) is 4.94. The van der Waals surface area contributed by atoms with Crippen molar-refractivity contribution in [1.29, 1.82) is 0 Å². The zero-order chi connectivity index (χ0) is 27.1. The van der Waals surface area contributed by atoms with Crippen LogP contribution in [0.15, 0.2) is 42.5 Å². The highest BCUT2D eigenvalue weighted by Crippen LogP contribution is 2.47. The fraction of sp³-hybridized carbons (Fsp3) is 0.500. The van der Waals surface area contributed by atoms with E-state index in [9.17, 15) is 27.9 Å². The lowest BCUT2D eigenvalue weighted by molar-refractivity contribution is -0.141. The molecule has 7 nitrogen and oxygen atoms in total. The normalized spacial score (nSPS) is 22.0. The molecule has 2 aromatic rings. The third-order valence-electron chi connectivity index (χ3n) is 8.07. The van der Waals surface area contributed by atoms with Gasteiger partial charge in [-0.05, 0) is 74.4 Å². The summed E-state index contributed by atoms with van der Waals surface area (Å²) in [4.78, 5) is 27.5. The van der Waals surface area contributed by atoms with Crippen molar-refractivity contribution >= 4 is 24.3 Å². The summed E-state index contributed by atoms with van der Waals surface area (Å²) in [6.07, 6.45) is -1.67. The fourth-order valence-electron chi connectivity index (χ4n) is 5.69. The molecule has 3 aliphatic rings. The van der Waals surface area contributed by atoms with Gasteiger partial charge in [-0.25, -0.2) is 4.79 Å². The molecule has 1 amide bonds. The van der Waals surface area contributed by atoms with Crippen LogP contribution in [0.5, 0.6) is 5.75 Å². The Hall–Kier alpha value is -2.82. The molecular weight excluding hydrogens is 537 g/mol. The molecule has 1 atom stereocenters. The molecular formula is C28H32ClF3N2O5. The molecule has 2 saturated heterocycles. The van der Waals surface area contributed by atoms with Gasteiger partial charge in [-0.2, -0.15) is 13.2 Å². The lowest BCUT2D eigenvalue weighted by atomic mass is 9.86. The summed E-state index contributed by atoms with van der Waals surface area (Å²) in [5.41, 5.74) is -0.325. The van der Waals surface area contributed by atoms with Crippen molar-refractivity contribution in [2.75, 3.05) is 26.3 Å². The van der Waals surface area contributed by atoms with Gasteiger partial charge >= 0.3 is 12.1 Å². The molecule has 2 N–H and O–H groups in total. The number of rotatable bonds is 7. The number of nitrogens with zero attached hydrogens (tertiary/aromatic N) is 1. The molecule has 2 aliphatic heterocycles. The van der Waals surface area contributed by atoms with Crippen LogP contribution in [-0.2, 0) is 21.2 Å². The van der Waals surface area contributed by atoms with Crippen molar-refractivity contribution in [1.82, 2.24) is 10.2 Å². The van der Waals surface area contributed by atoms with Crippen molar-refractivity contribution in [2.45, 2.75) is 62.4 Å². The largest absolute Gasteiger partial charge is 0.489 e. The van der Waals surface area contributed by atoms with Gasteiger partial charge in [0.2, 0.25) is 5.91 Å². The van der Waals surface area contributed by atoms with Crippen LogP contribution in [0.2, 0.25) is 0 Å². The Morgan fingerprint density at radius 3 is 2.44 bits per heavy atom. The second-order valence-electron chi connectivity index (χ2n) is 10.5. The highest BCUT2D eigenvalue weighted by Gasteiger charge is 2.53. The highest BCUT2D eigenvalue weighted by molar-refractivity contribution is 5.90. The number of ether oxygens (including phenoxy) is 2. The van der Waals surface area contributed by atoms with E-state index in [2.05, 4.69) is 10.2 Å². The van der Waals surface area contributed by atoms with Gasteiger partial charge in [0.25, 0.3) is 0 Å². The fourth-order valence-corrected chi connectivity index (χ4v) is 5.69. The summed E-state index contributed by atoms with van der Waals surface area (Å²) in [6.45, 7) is 3.62. The number of carboxylic acid groups (broad SMARTS) is 1. The number of halogens is 4. The van der Waals surface area contributed by atoms with Gasteiger partial charge in [0.1, 0.15) is 17.4 Å². The Morgan fingerprint density at radius 2 is 1.82 bits per heavy atom. The number of aromatic carboxylic acids is 1. The number of likely N-dealkylation sites (tertiary alicyclic amines) is 1. The van der Waals surface area contributed by atoms with Crippen LogP contribution >= 0.6 is 12.4 Å². The molecule has 3 fully saturated rings. The Labute approximate surface area is 231 Å². The third kappa shape index (κ3) is 5.88. The van der Waals surface area contributed by atoms with E-state index < -0.39 is 28.8 Å². The molecule has 1 saturated carbocycles. The van der Waals surface area contributed by atoms with Gasteiger partial charge in [0.15, 0.2) is 0 Å². The molecule has 2 aromatic carbocycles. The van der Waals surface area contributed by atoms with Gasteiger partial charge in [0, 0.05) is 26.3 Å². The molecule has 11 heteroatoms. The molecule has 0 spiro atoms. The van der Waals surface area contributed by atoms with Crippen LogP contribution < -0.4 is 10.1 Å². The number of carbonyl (C=O) groups excluding carboxylic acids is 1. The first-order valence-electron chi connectivity index (χ1n) is 12.9. The maximum absolute atomic E-state index is 13.9. The minimum atomic E-state index is -4.45. The van der Waals surface area contributed by atoms with Crippen LogP contribution in [-0.4, -0.2) is 59.8 Å². The average Bonchev–Trinajstić information content (AvgIpc) is 3.51.